The number of nitro groups is 1. The van der Waals surface area contributed by atoms with Crippen molar-refractivity contribution < 1.29 is 9.66 Å². The summed E-state index contributed by atoms with van der Waals surface area (Å²) in [4.78, 5) is 10.2. The summed E-state index contributed by atoms with van der Waals surface area (Å²) in [7, 11) is 0. The van der Waals surface area contributed by atoms with Gasteiger partial charge in [-0.3, -0.25) is 10.1 Å². The number of hydrogen-bond acceptors (Lipinski definition) is 4. The minimum atomic E-state index is -1.11. The third kappa shape index (κ3) is 2.79. The predicted octanol–water partition coefficient (Wildman–Crippen LogP) is 0.937. The van der Waals surface area contributed by atoms with E-state index in [1.165, 1.54) is 0 Å². The fourth-order valence-electron chi connectivity index (χ4n) is 1.08. The van der Waals surface area contributed by atoms with Gasteiger partial charge >= 0.3 is 6.23 Å². The Balaban J connectivity index is 2.73. The fraction of sp³-hybridized carbons (Fsp3) is 0.333. The lowest BCUT2D eigenvalue weighted by molar-refractivity contribution is -0.584. The topological polar surface area (TPSA) is 78.4 Å². The van der Waals surface area contributed by atoms with Crippen molar-refractivity contribution in [2.45, 2.75) is 6.23 Å². The maximum atomic E-state index is 10.6. The standard InChI is InChI=1S/C9H12N2O3/c10-6-7-14-9(11(12)13)8-4-2-1-3-5-8/h1-5,9H,6-7,10H2. The Morgan fingerprint density at radius 1 is 1.43 bits per heavy atom. The van der Waals surface area contributed by atoms with Crippen LogP contribution in [0.15, 0.2) is 30.3 Å². The SMILES string of the molecule is NCCOC(c1ccccc1)[N+](=O)[O-]. The molecule has 14 heavy (non-hydrogen) atoms. The van der Waals surface area contributed by atoms with E-state index < -0.39 is 11.2 Å². The lowest BCUT2D eigenvalue weighted by Gasteiger charge is -2.09. The summed E-state index contributed by atoms with van der Waals surface area (Å²) in [5, 5.41) is 10.6. The molecule has 1 unspecified atom stereocenters. The zero-order valence-corrected chi connectivity index (χ0v) is 7.63. The molecule has 76 valence electrons. The van der Waals surface area contributed by atoms with E-state index in [9.17, 15) is 10.1 Å². The van der Waals surface area contributed by atoms with Crippen LogP contribution in [0.1, 0.15) is 11.8 Å². The van der Waals surface area contributed by atoms with E-state index in [4.69, 9.17) is 10.5 Å². The molecular weight excluding hydrogens is 184 g/mol. The van der Waals surface area contributed by atoms with Crippen LogP contribution in [0.3, 0.4) is 0 Å². The van der Waals surface area contributed by atoms with Gasteiger partial charge in [-0.2, -0.15) is 0 Å². The van der Waals surface area contributed by atoms with Crippen molar-refractivity contribution in [1.29, 1.82) is 0 Å². The molecule has 0 aliphatic heterocycles. The molecule has 0 aliphatic carbocycles. The first-order valence-electron chi connectivity index (χ1n) is 4.26. The molecule has 1 aromatic rings. The fourth-order valence-corrected chi connectivity index (χ4v) is 1.08. The largest absolute Gasteiger partial charge is 0.342 e. The molecule has 0 aliphatic rings. The van der Waals surface area contributed by atoms with Crippen LogP contribution >= 0.6 is 0 Å². The van der Waals surface area contributed by atoms with Crippen LogP contribution < -0.4 is 5.73 Å². The van der Waals surface area contributed by atoms with Gasteiger partial charge in [0.1, 0.15) is 0 Å². The van der Waals surface area contributed by atoms with E-state index in [0.29, 0.717) is 5.56 Å². The number of hydrogen-bond donors (Lipinski definition) is 1. The van der Waals surface area contributed by atoms with Crippen LogP contribution in [0.2, 0.25) is 0 Å². The first-order chi connectivity index (χ1) is 6.75. The Morgan fingerprint density at radius 3 is 2.57 bits per heavy atom. The second-order valence-corrected chi connectivity index (χ2v) is 2.71. The molecule has 0 aromatic heterocycles. The molecule has 1 aromatic carbocycles. The average molecular weight is 196 g/mol. The molecule has 0 radical (unpaired) electrons. The number of nitrogens with two attached hydrogens (primary N) is 1. The lowest BCUT2D eigenvalue weighted by atomic mass is 10.2. The smallest absolute Gasteiger partial charge is 0.328 e. The molecule has 1 rings (SSSR count). The minimum absolute atomic E-state index is 0.181. The number of ether oxygens (including phenoxy) is 1. The molecule has 5 heteroatoms. The van der Waals surface area contributed by atoms with Crippen molar-refractivity contribution >= 4 is 0 Å². The van der Waals surface area contributed by atoms with Gasteiger partial charge in [-0.25, -0.2) is 0 Å². The summed E-state index contributed by atoms with van der Waals surface area (Å²) < 4.78 is 5.01. The lowest BCUT2D eigenvalue weighted by Crippen LogP contribution is -2.18. The molecule has 0 bridgehead atoms. The van der Waals surface area contributed by atoms with Gasteiger partial charge in [0.25, 0.3) is 0 Å². The second kappa shape index (κ2) is 5.31. The monoisotopic (exact) mass is 196 g/mol. The maximum absolute atomic E-state index is 10.6. The van der Waals surface area contributed by atoms with Crippen LogP contribution in [0.5, 0.6) is 0 Å². The van der Waals surface area contributed by atoms with Crippen molar-refractivity contribution in [2.24, 2.45) is 5.73 Å². The number of nitrogens with zero attached hydrogens (tertiary/aromatic N) is 1. The van der Waals surface area contributed by atoms with Gasteiger partial charge < -0.3 is 10.5 Å². The summed E-state index contributed by atoms with van der Waals surface area (Å²) in [5.41, 5.74) is 5.74. The van der Waals surface area contributed by atoms with E-state index in [1.54, 1.807) is 30.3 Å². The molecule has 5 nitrogen and oxygen atoms in total. The molecule has 0 spiro atoms. The summed E-state index contributed by atoms with van der Waals surface area (Å²) >= 11 is 0. The van der Waals surface area contributed by atoms with Crippen molar-refractivity contribution in [3.63, 3.8) is 0 Å². The molecular formula is C9H12N2O3. The predicted molar refractivity (Wildman–Crippen MR) is 51.2 cm³/mol. The van der Waals surface area contributed by atoms with Gasteiger partial charge in [-0.15, -0.1) is 0 Å². The first-order valence-corrected chi connectivity index (χ1v) is 4.26. The normalized spacial score (nSPS) is 12.4. The zero-order valence-electron chi connectivity index (χ0n) is 7.63. The number of benzene rings is 1. The van der Waals surface area contributed by atoms with E-state index >= 15 is 0 Å². The van der Waals surface area contributed by atoms with E-state index in [1.807, 2.05) is 0 Å². The van der Waals surface area contributed by atoms with E-state index in [0.717, 1.165) is 0 Å². The molecule has 2 N–H and O–H groups in total. The van der Waals surface area contributed by atoms with Gasteiger partial charge in [0, 0.05) is 6.54 Å². The van der Waals surface area contributed by atoms with Gasteiger partial charge in [0.2, 0.25) is 0 Å². The van der Waals surface area contributed by atoms with Gasteiger partial charge in [0.15, 0.2) is 0 Å². The third-order valence-corrected chi connectivity index (χ3v) is 1.67. The highest BCUT2D eigenvalue weighted by molar-refractivity contribution is 5.15. The minimum Gasteiger partial charge on any atom is -0.328 e. The third-order valence-electron chi connectivity index (χ3n) is 1.67. The summed E-state index contributed by atoms with van der Waals surface area (Å²) in [6.45, 7) is 0.456. The highest BCUT2D eigenvalue weighted by Gasteiger charge is 2.22. The molecule has 0 heterocycles. The Morgan fingerprint density at radius 2 is 2.07 bits per heavy atom. The Hall–Kier alpha value is -1.46. The maximum Gasteiger partial charge on any atom is 0.342 e. The summed E-state index contributed by atoms with van der Waals surface area (Å²) in [6, 6.07) is 8.58. The Kier molecular flexibility index (Phi) is 4.03. The van der Waals surface area contributed by atoms with Crippen molar-refractivity contribution in [3.8, 4) is 0 Å². The quantitative estimate of drug-likeness (QED) is 0.431. The Labute approximate surface area is 81.6 Å². The molecule has 0 saturated carbocycles. The van der Waals surface area contributed by atoms with Gasteiger partial charge in [-0.1, -0.05) is 18.2 Å². The number of rotatable bonds is 5. The highest BCUT2D eigenvalue weighted by Crippen LogP contribution is 2.16. The summed E-state index contributed by atoms with van der Waals surface area (Å²) in [5.74, 6) is 0. The first kappa shape index (κ1) is 10.6. The second-order valence-electron chi connectivity index (χ2n) is 2.71. The van der Waals surface area contributed by atoms with Crippen LogP contribution in [-0.2, 0) is 4.74 Å². The van der Waals surface area contributed by atoms with Gasteiger partial charge in [-0.05, 0) is 12.1 Å². The van der Waals surface area contributed by atoms with E-state index in [-0.39, 0.29) is 13.2 Å². The molecule has 0 amide bonds. The summed E-state index contributed by atoms with van der Waals surface area (Å²) in [6.07, 6.45) is -1.11. The Bertz CT molecular complexity index is 289. The molecule has 1 atom stereocenters. The van der Waals surface area contributed by atoms with Gasteiger partial charge in [0.05, 0.1) is 17.1 Å². The van der Waals surface area contributed by atoms with Crippen molar-refractivity contribution in [3.05, 3.63) is 46.0 Å². The van der Waals surface area contributed by atoms with Crippen molar-refractivity contribution in [1.82, 2.24) is 0 Å². The van der Waals surface area contributed by atoms with Crippen molar-refractivity contribution in [2.75, 3.05) is 13.2 Å². The average Bonchev–Trinajstić information content (AvgIpc) is 2.19. The van der Waals surface area contributed by atoms with E-state index in [2.05, 4.69) is 0 Å². The van der Waals surface area contributed by atoms with Crippen LogP contribution in [0.4, 0.5) is 0 Å². The van der Waals surface area contributed by atoms with Crippen LogP contribution in [0.25, 0.3) is 0 Å². The van der Waals surface area contributed by atoms with Crippen LogP contribution in [0, 0.1) is 10.1 Å². The van der Waals surface area contributed by atoms with Crippen LogP contribution in [-0.4, -0.2) is 18.1 Å². The highest BCUT2D eigenvalue weighted by atomic mass is 16.7. The zero-order chi connectivity index (χ0) is 10.4. The molecule has 0 fully saturated rings. The molecule has 0 saturated heterocycles.